The predicted octanol–water partition coefficient (Wildman–Crippen LogP) is 4.34. The standard InChI is InChI=1S/C21H32N2O2S/c1-15(2)16(3)22-21(25)18-12-8-9-13-19(18)26-14-20(24)23(4)17-10-6-5-7-11-17/h8-9,12-13,15-17H,5-7,10-11,14H2,1-4H3,(H,22,25). The van der Waals surface area contributed by atoms with Crippen LogP contribution in [0.2, 0.25) is 0 Å². The van der Waals surface area contributed by atoms with E-state index in [1.165, 1.54) is 31.0 Å². The van der Waals surface area contributed by atoms with E-state index in [0.29, 0.717) is 23.3 Å². The molecule has 0 aliphatic heterocycles. The van der Waals surface area contributed by atoms with Gasteiger partial charge in [0.05, 0.1) is 11.3 Å². The molecule has 2 rings (SSSR count). The van der Waals surface area contributed by atoms with Crippen LogP contribution in [-0.2, 0) is 4.79 Å². The summed E-state index contributed by atoms with van der Waals surface area (Å²) in [6, 6.07) is 8.03. The number of hydrogen-bond donors (Lipinski definition) is 1. The smallest absolute Gasteiger partial charge is 0.252 e. The van der Waals surface area contributed by atoms with Crippen LogP contribution in [0.15, 0.2) is 29.2 Å². The van der Waals surface area contributed by atoms with Crippen molar-refractivity contribution in [2.24, 2.45) is 5.92 Å². The molecule has 144 valence electrons. The molecule has 1 unspecified atom stereocenters. The number of carbonyl (C=O) groups is 2. The van der Waals surface area contributed by atoms with E-state index < -0.39 is 0 Å². The molecule has 5 heteroatoms. The first-order valence-corrected chi connectivity index (χ1v) is 10.7. The lowest BCUT2D eigenvalue weighted by atomic mass is 9.94. The van der Waals surface area contributed by atoms with Crippen LogP contribution >= 0.6 is 11.8 Å². The summed E-state index contributed by atoms with van der Waals surface area (Å²) in [7, 11) is 1.92. The second-order valence-corrected chi connectivity index (χ2v) is 8.60. The van der Waals surface area contributed by atoms with Gasteiger partial charge in [0.2, 0.25) is 5.91 Å². The summed E-state index contributed by atoms with van der Waals surface area (Å²) in [5.41, 5.74) is 0.651. The Morgan fingerprint density at radius 1 is 1.15 bits per heavy atom. The molecule has 4 nitrogen and oxygen atoms in total. The second kappa shape index (κ2) is 10.0. The molecule has 0 radical (unpaired) electrons. The molecule has 1 aromatic rings. The highest BCUT2D eigenvalue weighted by atomic mass is 32.2. The van der Waals surface area contributed by atoms with Crippen molar-refractivity contribution in [2.75, 3.05) is 12.8 Å². The molecule has 26 heavy (non-hydrogen) atoms. The van der Waals surface area contributed by atoms with Crippen LogP contribution in [0, 0.1) is 5.92 Å². The number of carbonyl (C=O) groups excluding carboxylic acids is 2. The zero-order chi connectivity index (χ0) is 19.1. The van der Waals surface area contributed by atoms with Gasteiger partial charge in [-0.25, -0.2) is 0 Å². The highest BCUT2D eigenvalue weighted by Gasteiger charge is 2.22. The van der Waals surface area contributed by atoms with Crippen molar-refractivity contribution in [2.45, 2.75) is 69.9 Å². The number of nitrogens with zero attached hydrogens (tertiary/aromatic N) is 1. The van der Waals surface area contributed by atoms with Crippen molar-refractivity contribution >= 4 is 23.6 Å². The van der Waals surface area contributed by atoms with Gasteiger partial charge in [-0.05, 0) is 37.8 Å². The van der Waals surface area contributed by atoms with E-state index in [0.717, 1.165) is 17.7 Å². The maximum Gasteiger partial charge on any atom is 0.252 e. The largest absolute Gasteiger partial charge is 0.349 e. The summed E-state index contributed by atoms with van der Waals surface area (Å²) in [4.78, 5) is 27.9. The lowest BCUT2D eigenvalue weighted by molar-refractivity contribution is -0.129. The third-order valence-electron chi connectivity index (χ3n) is 5.36. The van der Waals surface area contributed by atoms with Crippen molar-refractivity contribution in [1.82, 2.24) is 10.2 Å². The lowest BCUT2D eigenvalue weighted by Gasteiger charge is -2.31. The van der Waals surface area contributed by atoms with Gasteiger partial charge in [0.1, 0.15) is 0 Å². The topological polar surface area (TPSA) is 49.4 Å². The van der Waals surface area contributed by atoms with E-state index in [1.807, 2.05) is 43.1 Å². The zero-order valence-corrected chi connectivity index (χ0v) is 17.3. The molecule has 2 amide bonds. The SMILES string of the molecule is CC(C)C(C)NC(=O)c1ccccc1SCC(=O)N(C)C1CCCCC1. The van der Waals surface area contributed by atoms with E-state index in [2.05, 4.69) is 19.2 Å². The zero-order valence-electron chi connectivity index (χ0n) is 16.5. The van der Waals surface area contributed by atoms with Crippen LogP contribution < -0.4 is 5.32 Å². The Morgan fingerprint density at radius 2 is 1.81 bits per heavy atom. The molecule has 0 saturated heterocycles. The van der Waals surface area contributed by atoms with Gasteiger partial charge in [-0.3, -0.25) is 9.59 Å². The van der Waals surface area contributed by atoms with Crippen molar-refractivity contribution < 1.29 is 9.59 Å². The highest BCUT2D eigenvalue weighted by molar-refractivity contribution is 8.00. The number of hydrogen-bond acceptors (Lipinski definition) is 3. The molecule has 1 aliphatic rings. The summed E-state index contributed by atoms with van der Waals surface area (Å²) < 4.78 is 0. The van der Waals surface area contributed by atoms with Gasteiger partial charge < -0.3 is 10.2 Å². The summed E-state index contributed by atoms with van der Waals surface area (Å²) >= 11 is 1.46. The van der Waals surface area contributed by atoms with Gasteiger partial charge in [-0.15, -0.1) is 11.8 Å². The minimum Gasteiger partial charge on any atom is -0.349 e. The van der Waals surface area contributed by atoms with Gasteiger partial charge in [-0.1, -0.05) is 45.2 Å². The molecule has 1 atom stereocenters. The summed E-state index contributed by atoms with van der Waals surface area (Å²) in [6.45, 7) is 6.19. The van der Waals surface area contributed by atoms with E-state index in [9.17, 15) is 9.59 Å². The lowest BCUT2D eigenvalue weighted by Crippen LogP contribution is -2.39. The van der Waals surface area contributed by atoms with Crippen LogP contribution in [0.25, 0.3) is 0 Å². The molecular formula is C21H32N2O2S. The average molecular weight is 377 g/mol. The molecule has 0 spiro atoms. The Labute approximate surface area is 162 Å². The molecule has 1 fully saturated rings. The number of nitrogens with one attached hydrogen (secondary N) is 1. The molecule has 1 saturated carbocycles. The molecule has 1 aromatic carbocycles. The molecule has 1 N–H and O–H groups in total. The van der Waals surface area contributed by atoms with Crippen molar-refractivity contribution in [3.05, 3.63) is 29.8 Å². The molecule has 0 heterocycles. The fraction of sp³-hybridized carbons (Fsp3) is 0.619. The summed E-state index contributed by atoms with van der Waals surface area (Å²) in [5, 5.41) is 3.05. The molecule has 1 aliphatic carbocycles. The Balaban J connectivity index is 1.96. The normalized spacial score (nSPS) is 16.3. The van der Waals surface area contributed by atoms with Gasteiger partial charge >= 0.3 is 0 Å². The number of amides is 2. The Hall–Kier alpha value is -1.49. The maximum absolute atomic E-state index is 12.6. The highest BCUT2D eigenvalue weighted by Crippen LogP contribution is 2.26. The molecule has 0 aromatic heterocycles. The predicted molar refractivity (Wildman–Crippen MR) is 109 cm³/mol. The van der Waals surface area contributed by atoms with Crippen molar-refractivity contribution in [3.8, 4) is 0 Å². The van der Waals surface area contributed by atoms with Crippen LogP contribution in [-0.4, -0.2) is 41.6 Å². The number of thioether (sulfide) groups is 1. The van der Waals surface area contributed by atoms with Gasteiger partial charge in [0, 0.05) is 24.0 Å². The quantitative estimate of drug-likeness (QED) is 0.720. The first-order chi connectivity index (χ1) is 12.4. The third kappa shape index (κ3) is 5.76. The fourth-order valence-corrected chi connectivity index (χ4v) is 4.12. The minimum atomic E-state index is -0.0672. The van der Waals surface area contributed by atoms with Crippen molar-refractivity contribution in [3.63, 3.8) is 0 Å². The van der Waals surface area contributed by atoms with Crippen LogP contribution in [0.5, 0.6) is 0 Å². The third-order valence-corrected chi connectivity index (χ3v) is 6.42. The van der Waals surface area contributed by atoms with E-state index >= 15 is 0 Å². The first kappa shape index (κ1) is 20.8. The van der Waals surface area contributed by atoms with E-state index in [-0.39, 0.29) is 17.9 Å². The Morgan fingerprint density at radius 3 is 2.46 bits per heavy atom. The van der Waals surface area contributed by atoms with E-state index in [4.69, 9.17) is 0 Å². The first-order valence-electron chi connectivity index (χ1n) is 9.68. The summed E-state index contributed by atoms with van der Waals surface area (Å²) in [6.07, 6.45) is 5.93. The minimum absolute atomic E-state index is 0.0672. The summed E-state index contributed by atoms with van der Waals surface area (Å²) in [5.74, 6) is 0.830. The molecular weight excluding hydrogens is 344 g/mol. The Kier molecular flexibility index (Phi) is 8.01. The molecule has 0 bridgehead atoms. The fourth-order valence-electron chi connectivity index (χ4n) is 3.14. The van der Waals surface area contributed by atoms with Gasteiger partial charge in [-0.2, -0.15) is 0 Å². The van der Waals surface area contributed by atoms with Gasteiger partial charge in [0.25, 0.3) is 5.91 Å². The second-order valence-electron chi connectivity index (χ2n) is 7.59. The Bertz CT molecular complexity index is 612. The van der Waals surface area contributed by atoms with Crippen molar-refractivity contribution in [1.29, 1.82) is 0 Å². The monoisotopic (exact) mass is 376 g/mol. The van der Waals surface area contributed by atoms with Gasteiger partial charge in [0.15, 0.2) is 0 Å². The van der Waals surface area contributed by atoms with Crippen LogP contribution in [0.4, 0.5) is 0 Å². The van der Waals surface area contributed by atoms with Crippen LogP contribution in [0.1, 0.15) is 63.2 Å². The maximum atomic E-state index is 12.6. The van der Waals surface area contributed by atoms with E-state index in [1.54, 1.807) is 0 Å². The number of benzene rings is 1. The number of rotatable bonds is 7. The average Bonchev–Trinajstić information content (AvgIpc) is 2.66. The van der Waals surface area contributed by atoms with Crippen LogP contribution in [0.3, 0.4) is 0 Å².